The van der Waals surface area contributed by atoms with Gasteiger partial charge >= 0.3 is 0 Å². The summed E-state index contributed by atoms with van der Waals surface area (Å²) in [4.78, 5) is 29.1. The molecule has 0 spiro atoms. The van der Waals surface area contributed by atoms with Crippen LogP contribution in [0, 0.1) is 0 Å². The highest BCUT2D eigenvalue weighted by molar-refractivity contribution is 6.06. The molecule has 0 radical (unpaired) electrons. The van der Waals surface area contributed by atoms with Crippen molar-refractivity contribution in [3.8, 4) is 11.5 Å². The van der Waals surface area contributed by atoms with Crippen molar-refractivity contribution in [2.24, 2.45) is 0 Å². The maximum absolute atomic E-state index is 12.6. The maximum Gasteiger partial charge on any atom is 0.270 e. The predicted molar refractivity (Wildman–Crippen MR) is 101 cm³/mol. The standard InChI is InChI=1S/C20H23N3O4/c1-26-15-7-8-18(27-2)16(12-15)23-19(24)13-9-10-21-17(11-13)20(25)22-14-5-3-4-6-14/h7-12,14H,3-6H2,1-2H3,(H,22,25)(H,23,24). The molecule has 3 rings (SSSR count). The SMILES string of the molecule is COc1ccc(OC)c(NC(=O)c2ccnc(C(=O)NC3CCCC3)c2)c1. The number of aromatic nitrogens is 1. The molecule has 0 unspecified atom stereocenters. The molecule has 1 aliphatic carbocycles. The first kappa shape index (κ1) is 18.7. The lowest BCUT2D eigenvalue weighted by Gasteiger charge is -2.13. The van der Waals surface area contributed by atoms with Crippen LogP contribution in [-0.2, 0) is 0 Å². The van der Waals surface area contributed by atoms with Crippen LogP contribution in [0.1, 0.15) is 46.5 Å². The fraction of sp³-hybridized carbons (Fsp3) is 0.350. The normalized spacial score (nSPS) is 13.9. The lowest BCUT2D eigenvalue weighted by Crippen LogP contribution is -2.33. The minimum absolute atomic E-state index is 0.192. The van der Waals surface area contributed by atoms with Crippen molar-refractivity contribution in [3.63, 3.8) is 0 Å². The highest BCUT2D eigenvalue weighted by Gasteiger charge is 2.19. The second kappa shape index (κ2) is 8.53. The van der Waals surface area contributed by atoms with Gasteiger partial charge in [-0.25, -0.2) is 0 Å². The van der Waals surface area contributed by atoms with Gasteiger partial charge in [0.15, 0.2) is 0 Å². The fourth-order valence-electron chi connectivity index (χ4n) is 3.13. The van der Waals surface area contributed by atoms with Gasteiger partial charge in [-0.2, -0.15) is 0 Å². The zero-order chi connectivity index (χ0) is 19.2. The number of hydrogen-bond donors (Lipinski definition) is 2. The number of carbonyl (C=O) groups is 2. The summed E-state index contributed by atoms with van der Waals surface area (Å²) in [5.41, 5.74) is 1.05. The molecular formula is C20H23N3O4. The number of benzene rings is 1. The molecule has 1 saturated carbocycles. The van der Waals surface area contributed by atoms with E-state index in [9.17, 15) is 9.59 Å². The van der Waals surface area contributed by atoms with Crippen LogP contribution < -0.4 is 20.1 Å². The monoisotopic (exact) mass is 369 g/mol. The van der Waals surface area contributed by atoms with Crippen molar-refractivity contribution < 1.29 is 19.1 Å². The number of rotatable bonds is 6. The first-order chi connectivity index (χ1) is 13.1. The lowest BCUT2D eigenvalue weighted by molar-refractivity contribution is 0.0933. The van der Waals surface area contributed by atoms with E-state index in [1.165, 1.54) is 19.4 Å². The summed E-state index contributed by atoms with van der Waals surface area (Å²) in [6, 6.07) is 8.37. The van der Waals surface area contributed by atoms with Crippen LogP contribution in [-0.4, -0.2) is 37.1 Å². The van der Waals surface area contributed by atoms with Crippen LogP contribution in [0.3, 0.4) is 0 Å². The third-order valence-corrected chi connectivity index (χ3v) is 4.60. The van der Waals surface area contributed by atoms with Crippen molar-refractivity contribution in [3.05, 3.63) is 47.8 Å². The van der Waals surface area contributed by atoms with E-state index >= 15 is 0 Å². The van der Waals surface area contributed by atoms with E-state index in [0.717, 1.165) is 25.7 Å². The van der Waals surface area contributed by atoms with Crippen molar-refractivity contribution in [1.29, 1.82) is 0 Å². The van der Waals surface area contributed by atoms with E-state index in [1.54, 1.807) is 31.4 Å². The largest absolute Gasteiger partial charge is 0.497 e. The molecule has 1 aromatic carbocycles. The van der Waals surface area contributed by atoms with Crippen LogP contribution >= 0.6 is 0 Å². The van der Waals surface area contributed by atoms with Gasteiger partial charge < -0.3 is 20.1 Å². The highest BCUT2D eigenvalue weighted by atomic mass is 16.5. The topological polar surface area (TPSA) is 89.6 Å². The van der Waals surface area contributed by atoms with Gasteiger partial charge in [-0.05, 0) is 37.1 Å². The highest BCUT2D eigenvalue weighted by Crippen LogP contribution is 2.29. The second-order valence-electron chi connectivity index (χ2n) is 6.40. The van der Waals surface area contributed by atoms with Crippen molar-refractivity contribution in [1.82, 2.24) is 10.3 Å². The van der Waals surface area contributed by atoms with Gasteiger partial charge in [-0.15, -0.1) is 0 Å². The van der Waals surface area contributed by atoms with Crippen LogP contribution in [0.5, 0.6) is 11.5 Å². The third-order valence-electron chi connectivity index (χ3n) is 4.60. The Kier molecular flexibility index (Phi) is 5.90. The lowest BCUT2D eigenvalue weighted by atomic mass is 10.2. The molecule has 0 aliphatic heterocycles. The van der Waals surface area contributed by atoms with Crippen LogP contribution in [0.4, 0.5) is 5.69 Å². The van der Waals surface area contributed by atoms with Gasteiger partial charge in [-0.1, -0.05) is 12.8 Å². The molecule has 142 valence electrons. The molecule has 7 heteroatoms. The number of pyridine rings is 1. The van der Waals surface area contributed by atoms with Crippen molar-refractivity contribution >= 4 is 17.5 Å². The summed E-state index contributed by atoms with van der Waals surface area (Å²) < 4.78 is 10.5. The number of nitrogens with one attached hydrogen (secondary N) is 2. The molecule has 2 N–H and O–H groups in total. The van der Waals surface area contributed by atoms with Gasteiger partial charge in [0.1, 0.15) is 17.2 Å². The molecular weight excluding hydrogens is 346 g/mol. The first-order valence-corrected chi connectivity index (χ1v) is 8.91. The maximum atomic E-state index is 12.6. The van der Waals surface area contributed by atoms with E-state index in [1.807, 2.05) is 0 Å². The summed E-state index contributed by atoms with van der Waals surface area (Å²) in [6.07, 6.45) is 5.69. The van der Waals surface area contributed by atoms with E-state index in [-0.39, 0.29) is 23.6 Å². The molecule has 0 atom stereocenters. The quantitative estimate of drug-likeness (QED) is 0.817. The zero-order valence-corrected chi connectivity index (χ0v) is 15.5. The number of ether oxygens (including phenoxy) is 2. The van der Waals surface area contributed by atoms with Crippen molar-refractivity contribution in [2.45, 2.75) is 31.7 Å². The molecule has 1 aliphatic rings. The molecule has 0 bridgehead atoms. The Bertz CT molecular complexity index is 832. The minimum atomic E-state index is -0.362. The van der Waals surface area contributed by atoms with Gasteiger partial charge in [0.2, 0.25) is 0 Å². The molecule has 2 amide bonds. The molecule has 27 heavy (non-hydrogen) atoms. The molecule has 1 heterocycles. The Morgan fingerprint density at radius 2 is 1.81 bits per heavy atom. The Morgan fingerprint density at radius 1 is 1.04 bits per heavy atom. The average molecular weight is 369 g/mol. The van der Waals surface area contributed by atoms with E-state index in [4.69, 9.17) is 9.47 Å². The molecule has 7 nitrogen and oxygen atoms in total. The minimum Gasteiger partial charge on any atom is -0.497 e. The van der Waals surface area contributed by atoms with Gasteiger partial charge in [0.25, 0.3) is 11.8 Å². The number of nitrogens with zero attached hydrogens (tertiary/aromatic N) is 1. The summed E-state index contributed by atoms with van der Waals surface area (Å²) in [5.74, 6) is 0.490. The van der Waals surface area contributed by atoms with Crippen molar-refractivity contribution in [2.75, 3.05) is 19.5 Å². The summed E-state index contributed by atoms with van der Waals surface area (Å²) >= 11 is 0. The Morgan fingerprint density at radius 3 is 2.52 bits per heavy atom. The number of hydrogen-bond acceptors (Lipinski definition) is 5. The van der Waals surface area contributed by atoms with E-state index in [2.05, 4.69) is 15.6 Å². The average Bonchev–Trinajstić information content (AvgIpc) is 3.21. The van der Waals surface area contributed by atoms with Gasteiger partial charge in [0, 0.05) is 23.9 Å². The van der Waals surface area contributed by atoms with Gasteiger partial charge in [-0.3, -0.25) is 14.6 Å². The predicted octanol–water partition coefficient (Wildman–Crippen LogP) is 3.02. The Labute approximate surface area is 158 Å². The molecule has 0 saturated heterocycles. The fourth-order valence-corrected chi connectivity index (χ4v) is 3.13. The Hall–Kier alpha value is -3.09. The number of amides is 2. The number of methoxy groups -OCH3 is 2. The van der Waals surface area contributed by atoms with E-state index in [0.29, 0.717) is 22.7 Å². The zero-order valence-electron chi connectivity index (χ0n) is 15.5. The summed E-state index contributed by atoms with van der Waals surface area (Å²) in [5, 5.41) is 5.76. The number of carbonyl (C=O) groups excluding carboxylic acids is 2. The Balaban J connectivity index is 1.74. The molecule has 1 aromatic heterocycles. The third kappa shape index (κ3) is 4.55. The summed E-state index contributed by atoms with van der Waals surface area (Å²) in [7, 11) is 3.07. The molecule has 2 aromatic rings. The van der Waals surface area contributed by atoms with E-state index < -0.39 is 0 Å². The van der Waals surface area contributed by atoms with Crippen LogP contribution in [0.2, 0.25) is 0 Å². The molecule has 1 fully saturated rings. The van der Waals surface area contributed by atoms with Crippen LogP contribution in [0.15, 0.2) is 36.5 Å². The first-order valence-electron chi connectivity index (χ1n) is 8.91. The smallest absolute Gasteiger partial charge is 0.270 e. The number of anilines is 1. The van der Waals surface area contributed by atoms with Crippen LogP contribution in [0.25, 0.3) is 0 Å². The second-order valence-corrected chi connectivity index (χ2v) is 6.40. The summed E-state index contributed by atoms with van der Waals surface area (Å²) in [6.45, 7) is 0. The van der Waals surface area contributed by atoms with Gasteiger partial charge in [0.05, 0.1) is 19.9 Å².